The van der Waals surface area contributed by atoms with E-state index in [1.54, 1.807) is 18.3 Å². The minimum atomic E-state index is -0.286. The average molecular weight is 406 g/mol. The van der Waals surface area contributed by atoms with Gasteiger partial charge in [0, 0.05) is 37.3 Å². The molecule has 3 rings (SSSR count). The summed E-state index contributed by atoms with van der Waals surface area (Å²) in [6.07, 6.45) is 4.74. The van der Waals surface area contributed by atoms with Crippen LogP contribution < -0.4 is 14.8 Å². The number of nitrogens with zero attached hydrogens (tertiary/aromatic N) is 2. The van der Waals surface area contributed by atoms with Crippen molar-refractivity contribution in [3.63, 3.8) is 0 Å². The van der Waals surface area contributed by atoms with Crippen LogP contribution in [0.1, 0.15) is 42.6 Å². The Morgan fingerprint density at radius 2 is 2.11 bits per heavy atom. The fraction of sp³-hybridized carbons (Fsp3) is 0.450. The zero-order valence-corrected chi connectivity index (χ0v) is 16.7. The molecule has 0 aliphatic carbocycles. The summed E-state index contributed by atoms with van der Waals surface area (Å²) in [5.74, 6) is 0.561. The molecule has 0 aromatic carbocycles. The lowest BCUT2D eigenvalue weighted by Gasteiger charge is -2.23. The molecular formula is C20H24ClN3O4. The number of amides is 1. The fourth-order valence-corrected chi connectivity index (χ4v) is 2.96. The number of rotatable bonds is 7. The van der Waals surface area contributed by atoms with E-state index in [0.29, 0.717) is 35.6 Å². The minimum absolute atomic E-state index is 0.00405. The molecule has 0 spiro atoms. The highest BCUT2D eigenvalue weighted by atomic mass is 35.5. The summed E-state index contributed by atoms with van der Waals surface area (Å²) in [7, 11) is 0. The second-order valence-electron chi connectivity index (χ2n) is 6.76. The van der Waals surface area contributed by atoms with Gasteiger partial charge in [-0.15, -0.1) is 0 Å². The topological polar surface area (TPSA) is 82.6 Å². The standard InChI is InChI=1S/C20H24ClN3O4/c1-13(2)27-19-14(4-3-7-22-19)11-23-18(25)15-10-17(21)20(24-12-15)28-16-5-8-26-9-6-16/h3-4,7,10,12-13,16H,5-6,8-9,11H2,1-2H3,(H,23,25). The summed E-state index contributed by atoms with van der Waals surface area (Å²) in [4.78, 5) is 20.9. The lowest BCUT2D eigenvalue weighted by atomic mass is 10.1. The van der Waals surface area contributed by atoms with E-state index >= 15 is 0 Å². The number of aromatic nitrogens is 2. The third-order valence-electron chi connectivity index (χ3n) is 4.15. The molecule has 1 amide bonds. The number of pyridine rings is 2. The Balaban J connectivity index is 1.61. The number of hydrogen-bond donors (Lipinski definition) is 1. The predicted octanol–water partition coefficient (Wildman–Crippen LogP) is 3.41. The summed E-state index contributed by atoms with van der Waals surface area (Å²) in [6.45, 7) is 5.47. The van der Waals surface area contributed by atoms with Gasteiger partial charge in [-0.3, -0.25) is 4.79 Å². The molecule has 1 fully saturated rings. The molecule has 0 radical (unpaired) electrons. The van der Waals surface area contributed by atoms with Crippen LogP contribution in [0.3, 0.4) is 0 Å². The van der Waals surface area contributed by atoms with Crippen molar-refractivity contribution in [3.8, 4) is 11.8 Å². The summed E-state index contributed by atoms with van der Waals surface area (Å²) in [6, 6.07) is 5.23. The molecule has 2 aromatic heterocycles. The Kier molecular flexibility index (Phi) is 7.06. The van der Waals surface area contributed by atoms with Crippen LogP contribution in [0, 0.1) is 0 Å². The molecule has 1 saturated heterocycles. The third kappa shape index (κ3) is 5.56. The van der Waals surface area contributed by atoms with Crippen LogP contribution in [-0.4, -0.2) is 41.3 Å². The van der Waals surface area contributed by atoms with Gasteiger partial charge in [0.15, 0.2) is 0 Å². The van der Waals surface area contributed by atoms with Crippen molar-refractivity contribution >= 4 is 17.5 Å². The monoisotopic (exact) mass is 405 g/mol. The third-order valence-corrected chi connectivity index (χ3v) is 4.42. The van der Waals surface area contributed by atoms with Crippen molar-refractivity contribution in [1.29, 1.82) is 0 Å². The van der Waals surface area contributed by atoms with Crippen molar-refractivity contribution in [2.24, 2.45) is 0 Å². The second-order valence-corrected chi connectivity index (χ2v) is 7.16. The van der Waals surface area contributed by atoms with E-state index in [-0.39, 0.29) is 24.7 Å². The molecule has 0 atom stereocenters. The van der Waals surface area contributed by atoms with Crippen LogP contribution in [-0.2, 0) is 11.3 Å². The minimum Gasteiger partial charge on any atom is -0.475 e. The van der Waals surface area contributed by atoms with Crippen molar-refractivity contribution in [2.45, 2.75) is 45.4 Å². The Hall–Kier alpha value is -2.38. The Morgan fingerprint density at radius 3 is 2.82 bits per heavy atom. The van der Waals surface area contributed by atoms with Crippen molar-refractivity contribution in [3.05, 3.63) is 46.7 Å². The van der Waals surface area contributed by atoms with E-state index in [0.717, 1.165) is 18.4 Å². The Labute approximate surface area is 169 Å². The van der Waals surface area contributed by atoms with Gasteiger partial charge in [0.05, 0.1) is 24.9 Å². The number of hydrogen-bond acceptors (Lipinski definition) is 6. The highest BCUT2D eigenvalue weighted by Crippen LogP contribution is 2.25. The van der Waals surface area contributed by atoms with Crippen molar-refractivity contribution in [1.82, 2.24) is 15.3 Å². The molecule has 3 heterocycles. The number of ether oxygens (including phenoxy) is 3. The van der Waals surface area contributed by atoms with Crippen molar-refractivity contribution in [2.75, 3.05) is 13.2 Å². The van der Waals surface area contributed by atoms with Gasteiger partial charge < -0.3 is 19.5 Å². The first-order valence-corrected chi connectivity index (χ1v) is 9.69. The summed E-state index contributed by atoms with van der Waals surface area (Å²) in [5, 5.41) is 3.15. The van der Waals surface area contributed by atoms with Gasteiger partial charge in [-0.05, 0) is 26.0 Å². The van der Waals surface area contributed by atoms with E-state index in [9.17, 15) is 4.79 Å². The van der Waals surface area contributed by atoms with E-state index in [1.165, 1.54) is 6.20 Å². The number of carbonyl (C=O) groups excluding carboxylic acids is 1. The molecule has 1 aliphatic heterocycles. The van der Waals surface area contributed by atoms with Crippen LogP contribution in [0.15, 0.2) is 30.6 Å². The van der Waals surface area contributed by atoms with E-state index < -0.39 is 0 Å². The smallest absolute Gasteiger partial charge is 0.253 e. The van der Waals surface area contributed by atoms with Gasteiger partial charge in [-0.1, -0.05) is 17.7 Å². The normalized spacial score (nSPS) is 14.7. The molecule has 7 nitrogen and oxygen atoms in total. The molecule has 150 valence electrons. The lowest BCUT2D eigenvalue weighted by molar-refractivity contribution is 0.0238. The quantitative estimate of drug-likeness (QED) is 0.760. The first-order chi connectivity index (χ1) is 13.5. The molecule has 28 heavy (non-hydrogen) atoms. The van der Waals surface area contributed by atoms with Crippen LogP contribution >= 0.6 is 11.6 Å². The summed E-state index contributed by atoms with van der Waals surface area (Å²) < 4.78 is 16.8. The number of nitrogens with one attached hydrogen (secondary N) is 1. The number of carbonyl (C=O) groups is 1. The molecule has 8 heteroatoms. The van der Waals surface area contributed by atoms with E-state index in [4.69, 9.17) is 25.8 Å². The molecule has 0 bridgehead atoms. The van der Waals surface area contributed by atoms with Crippen LogP contribution in [0.2, 0.25) is 5.02 Å². The summed E-state index contributed by atoms with van der Waals surface area (Å²) >= 11 is 6.26. The first-order valence-electron chi connectivity index (χ1n) is 9.31. The Morgan fingerprint density at radius 1 is 1.32 bits per heavy atom. The SMILES string of the molecule is CC(C)Oc1ncccc1CNC(=O)c1cnc(OC2CCOCC2)c(Cl)c1. The van der Waals surface area contributed by atoms with Gasteiger partial charge >= 0.3 is 0 Å². The summed E-state index contributed by atoms with van der Waals surface area (Å²) in [5.41, 5.74) is 1.16. The van der Waals surface area contributed by atoms with Crippen LogP contribution in [0.4, 0.5) is 0 Å². The average Bonchev–Trinajstić information content (AvgIpc) is 2.69. The zero-order chi connectivity index (χ0) is 19.9. The van der Waals surface area contributed by atoms with Gasteiger partial charge in [0.1, 0.15) is 11.1 Å². The molecule has 2 aromatic rings. The van der Waals surface area contributed by atoms with Gasteiger partial charge in [-0.25, -0.2) is 9.97 Å². The predicted molar refractivity (Wildman–Crippen MR) is 105 cm³/mol. The van der Waals surface area contributed by atoms with Gasteiger partial charge in [0.25, 0.3) is 5.91 Å². The zero-order valence-electron chi connectivity index (χ0n) is 16.0. The molecule has 1 aliphatic rings. The van der Waals surface area contributed by atoms with Gasteiger partial charge in [0.2, 0.25) is 11.8 Å². The first kappa shape index (κ1) is 20.4. The second kappa shape index (κ2) is 9.71. The van der Waals surface area contributed by atoms with Crippen LogP contribution in [0.25, 0.3) is 0 Å². The van der Waals surface area contributed by atoms with Crippen molar-refractivity contribution < 1.29 is 19.0 Å². The highest BCUT2D eigenvalue weighted by Gasteiger charge is 2.18. The maximum atomic E-state index is 12.5. The molecular weight excluding hydrogens is 382 g/mol. The highest BCUT2D eigenvalue weighted by molar-refractivity contribution is 6.32. The van der Waals surface area contributed by atoms with Gasteiger partial charge in [-0.2, -0.15) is 0 Å². The lowest BCUT2D eigenvalue weighted by Crippen LogP contribution is -2.26. The largest absolute Gasteiger partial charge is 0.475 e. The maximum absolute atomic E-state index is 12.5. The maximum Gasteiger partial charge on any atom is 0.253 e. The molecule has 0 unspecified atom stereocenters. The van der Waals surface area contributed by atoms with E-state index in [2.05, 4.69) is 15.3 Å². The van der Waals surface area contributed by atoms with Crippen LogP contribution in [0.5, 0.6) is 11.8 Å². The van der Waals surface area contributed by atoms with E-state index in [1.807, 2.05) is 19.9 Å². The number of halogens is 1. The molecule has 0 saturated carbocycles. The Bertz CT molecular complexity index is 810. The molecule has 1 N–H and O–H groups in total. The fourth-order valence-electron chi connectivity index (χ4n) is 2.75.